The van der Waals surface area contributed by atoms with Crippen molar-refractivity contribution in [2.75, 3.05) is 0 Å². The fourth-order valence-electron chi connectivity index (χ4n) is 1.73. The Bertz CT molecular complexity index is 778. The zero-order valence-corrected chi connectivity index (χ0v) is 14.1. The third-order valence-electron chi connectivity index (χ3n) is 2.83. The molecule has 0 heterocycles. The van der Waals surface area contributed by atoms with Gasteiger partial charge in [0.1, 0.15) is 18.2 Å². The van der Waals surface area contributed by atoms with Gasteiger partial charge in [0.25, 0.3) is 9.05 Å². The van der Waals surface area contributed by atoms with Crippen molar-refractivity contribution in [2.24, 2.45) is 0 Å². The maximum atomic E-state index is 13.0. The summed E-state index contributed by atoms with van der Waals surface area (Å²) in [6.45, 7) is 1.95. The first-order valence-electron chi connectivity index (χ1n) is 5.89. The van der Waals surface area contributed by atoms with Crippen molar-refractivity contribution in [2.45, 2.75) is 18.4 Å². The minimum absolute atomic E-state index is 0.0250. The predicted molar refractivity (Wildman–Crippen MR) is 82.6 cm³/mol. The van der Waals surface area contributed by atoms with Gasteiger partial charge in [0.15, 0.2) is 0 Å². The van der Waals surface area contributed by atoms with E-state index in [1.807, 2.05) is 0 Å². The van der Waals surface area contributed by atoms with E-state index in [2.05, 4.69) is 15.9 Å². The Morgan fingerprint density at radius 2 is 1.95 bits per heavy atom. The second-order valence-electron chi connectivity index (χ2n) is 4.39. The van der Waals surface area contributed by atoms with Gasteiger partial charge in [-0.25, -0.2) is 12.8 Å². The van der Waals surface area contributed by atoms with Gasteiger partial charge in [-0.1, -0.05) is 22.0 Å². The second kappa shape index (κ2) is 6.34. The van der Waals surface area contributed by atoms with Crippen molar-refractivity contribution in [3.05, 3.63) is 57.8 Å². The number of aryl methyl sites for hydroxylation is 1. The molecule has 0 radical (unpaired) electrons. The van der Waals surface area contributed by atoms with Crippen molar-refractivity contribution >= 4 is 35.7 Å². The predicted octanol–water partition coefficient (Wildman–Crippen LogP) is 4.40. The zero-order chi connectivity index (χ0) is 15.6. The van der Waals surface area contributed by atoms with E-state index in [1.54, 1.807) is 19.1 Å². The summed E-state index contributed by atoms with van der Waals surface area (Å²) in [5, 5.41) is 0. The van der Waals surface area contributed by atoms with Crippen molar-refractivity contribution < 1.29 is 17.5 Å². The van der Waals surface area contributed by atoms with Crippen LogP contribution in [0.15, 0.2) is 45.8 Å². The summed E-state index contributed by atoms with van der Waals surface area (Å²) >= 11 is 3.26. The fourth-order valence-corrected chi connectivity index (χ4v) is 3.03. The van der Waals surface area contributed by atoms with Gasteiger partial charge < -0.3 is 4.74 Å². The monoisotopic (exact) mass is 392 g/mol. The second-order valence-corrected chi connectivity index (χ2v) is 7.81. The molecule has 0 bridgehead atoms. The van der Waals surface area contributed by atoms with Gasteiger partial charge in [-0.3, -0.25) is 0 Å². The van der Waals surface area contributed by atoms with Gasteiger partial charge >= 0.3 is 0 Å². The SMILES string of the molecule is Cc1cc(S(=O)(=O)Cl)ccc1OCc1ccc(F)cc1Br. The Morgan fingerprint density at radius 3 is 2.52 bits per heavy atom. The maximum Gasteiger partial charge on any atom is 0.261 e. The zero-order valence-electron chi connectivity index (χ0n) is 10.9. The number of halogens is 3. The first-order chi connectivity index (χ1) is 9.77. The first-order valence-corrected chi connectivity index (χ1v) is 8.99. The molecule has 0 aliphatic carbocycles. The molecule has 0 spiro atoms. The molecular weight excluding hydrogens is 383 g/mol. The van der Waals surface area contributed by atoms with Crippen molar-refractivity contribution in [3.8, 4) is 5.75 Å². The molecule has 0 unspecified atom stereocenters. The maximum absolute atomic E-state index is 13.0. The van der Waals surface area contributed by atoms with E-state index in [4.69, 9.17) is 15.4 Å². The summed E-state index contributed by atoms with van der Waals surface area (Å²) in [4.78, 5) is 0.0250. The summed E-state index contributed by atoms with van der Waals surface area (Å²) in [6.07, 6.45) is 0. The largest absolute Gasteiger partial charge is 0.489 e. The molecule has 3 nitrogen and oxygen atoms in total. The van der Waals surface area contributed by atoms with E-state index in [0.717, 1.165) is 5.56 Å². The quantitative estimate of drug-likeness (QED) is 0.723. The molecule has 0 saturated carbocycles. The lowest BCUT2D eigenvalue weighted by atomic mass is 10.2. The molecule has 0 N–H and O–H groups in total. The number of ether oxygens (including phenoxy) is 1. The Balaban J connectivity index is 2.17. The number of rotatable bonds is 4. The van der Waals surface area contributed by atoms with Gasteiger partial charge in [-0.05, 0) is 42.8 Å². The first kappa shape index (κ1) is 16.3. The molecule has 112 valence electrons. The molecule has 0 saturated heterocycles. The van der Waals surface area contributed by atoms with Gasteiger partial charge in [0, 0.05) is 20.7 Å². The molecule has 0 amide bonds. The molecule has 0 atom stereocenters. The topological polar surface area (TPSA) is 43.4 Å². The molecule has 0 aliphatic rings. The van der Waals surface area contributed by atoms with Crippen LogP contribution in [0.2, 0.25) is 0 Å². The molecule has 2 aromatic carbocycles. The van der Waals surface area contributed by atoms with E-state index in [1.165, 1.54) is 24.3 Å². The van der Waals surface area contributed by atoms with Crippen LogP contribution in [0.1, 0.15) is 11.1 Å². The lowest BCUT2D eigenvalue weighted by molar-refractivity contribution is 0.303. The van der Waals surface area contributed by atoms with E-state index in [-0.39, 0.29) is 17.3 Å². The molecule has 0 fully saturated rings. The highest BCUT2D eigenvalue weighted by molar-refractivity contribution is 9.10. The minimum Gasteiger partial charge on any atom is -0.489 e. The normalized spacial score (nSPS) is 11.4. The highest BCUT2D eigenvalue weighted by atomic mass is 79.9. The lowest BCUT2D eigenvalue weighted by Crippen LogP contribution is -1.99. The Morgan fingerprint density at radius 1 is 1.24 bits per heavy atom. The van der Waals surface area contributed by atoms with Crippen LogP contribution in [0, 0.1) is 12.7 Å². The van der Waals surface area contributed by atoms with Crippen LogP contribution >= 0.6 is 26.6 Å². The summed E-state index contributed by atoms with van der Waals surface area (Å²) in [5.74, 6) is 0.203. The molecule has 0 aliphatic heterocycles. The summed E-state index contributed by atoms with van der Waals surface area (Å²) < 4.78 is 41.7. The van der Waals surface area contributed by atoms with E-state index < -0.39 is 9.05 Å². The van der Waals surface area contributed by atoms with Gasteiger partial charge in [0.05, 0.1) is 4.90 Å². The summed E-state index contributed by atoms with van der Waals surface area (Å²) in [6, 6.07) is 8.68. The molecule has 2 aromatic rings. The summed E-state index contributed by atoms with van der Waals surface area (Å²) in [7, 11) is 1.53. The van der Waals surface area contributed by atoms with Crippen LogP contribution in [-0.2, 0) is 15.7 Å². The molecule has 2 rings (SSSR count). The summed E-state index contributed by atoms with van der Waals surface area (Å²) in [5.41, 5.74) is 1.43. The minimum atomic E-state index is -3.75. The lowest BCUT2D eigenvalue weighted by Gasteiger charge is -2.11. The van der Waals surface area contributed by atoms with Crippen LogP contribution in [0.4, 0.5) is 4.39 Å². The van der Waals surface area contributed by atoms with Crippen LogP contribution in [-0.4, -0.2) is 8.42 Å². The van der Waals surface area contributed by atoms with Crippen molar-refractivity contribution in [1.29, 1.82) is 0 Å². The molecule has 0 aromatic heterocycles. The molecule has 7 heteroatoms. The highest BCUT2D eigenvalue weighted by Gasteiger charge is 2.12. The van der Waals surface area contributed by atoms with Crippen molar-refractivity contribution in [3.63, 3.8) is 0 Å². The van der Waals surface area contributed by atoms with Gasteiger partial charge in [0.2, 0.25) is 0 Å². The van der Waals surface area contributed by atoms with E-state index in [9.17, 15) is 12.8 Å². The third kappa shape index (κ3) is 4.18. The van der Waals surface area contributed by atoms with Crippen LogP contribution in [0.5, 0.6) is 5.75 Å². The van der Waals surface area contributed by atoms with Crippen LogP contribution in [0.3, 0.4) is 0 Å². The Labute approximate surface area is 135 Å². The van der Waals surface area contributed by atoms with E-state index >= 15 is 0 Å². The van der Waals surface area contributed by atoms with Crippen LogP contribution < -0.4 is 4.74 Å². The molecule has 21 heavy (non-hydrogen) atoms. The number of benzene rings is 2. The third-order valence-corrected chi connectivity index (χ3v) is 4.92. The highest BCUT2D eigenvalue weighted by Crippen LogP contribution is 2.26. The fraction of sp³-hybridized carbons (Fsp3) is 0.143. The smallest absolute Gasteiger partial charge is 0.261 e. The van der Waals surface area contributed by atoms with Crippen molar-refractivity contribution in [1.82, 2.24) is 0 Å². The Hall–Kier alpha value is -1.11. The van der Waals surface area contributed by atoms with E-state index in [0.29, 0.717) is 15.8 Å². The van der Waals surface area contributed by atoms with Gasteiger partial charge in [-0.15, -0.1) is 0 Å². The van der Waals surface area contributed by atoms with Gasteiger partial charge in [-0.2, -0.15) is 0 Å². The number of hydrogen-bond acceptors (Lipinski definition) is 3. The number of hydrogen-bond donors (Lipinski definition) is 0. The average molecular weight is 394 g/mol. The average Bonchev–Trinajstić information content (AvgIpc) is 2.38. The van der Waals surface area contributed by atoms with Crippen LogP contribution in [0.25, 0.3) is 0 Å². The Kier molecular flexibility index (Phi) is 4.91. The molecular formula is C14H11BrClFO3S. The standard InChI is InChI=1S/C14H11BrClFO3S/c1-9-6-12(21(16,18)19)4-5-14(9)20-8-10-2-3-11(17)7-13(10)15/h2-7H,8H2,1H3.